The first kappa shape index (κ1) is 14.7. The van der Waals surface area contributed by atoms with Crippen LogP contribution in [0.2, 0.25) is 0 Å². The molecule has 1 aromatic heterocycles. The molecule has 2 aromatic rings. The van der Waals surface area contributed by atoms with E-state index >= 15 is 0 Å². The van der Waals surface area contributed by atoms with E-state index in [4.69, 9.17) is 4.74 Å². The highest BCUT2D eigenvalue weighted by Gasteiger charge is 2.11. The van der Waals surface area contributed by atoms with Crippen molar-refractivity contribution in [2.45, 2.75) is 34.1 Å². The lowest BCUT2D eigenvalue weighted by atomic mass is 10.1. The van der Waals surface area contributed by atoms with Gasteiger partial charge in [0.05, 0.1) is 22.2 Å². The number of nitrogens with zero attached hydrogens (tertiary/aromatic N) is 1. The van der Waals surface area contributed by atoms with E-state index in [1.54, 1.807) is 6.92 Å². The van der Waals surface area contributed by atoms with Crippen molar-refractivity contribution in [3.63, 3.8) is 0 Å². The monoisotopic (exact) mass is 289 g/mol. The van der Waals surface area contributed by atoms with Crippen molar-refractivity contribution in [1.29, 1.82) is 0 Å². The Labute approximate surface area is 123 Å². The van der Waals surface area contributed by atoms with E-state index in [-0.39, 0.29) is 5.78 Å². The van der Waals surface area contributed by atoms with Gasteiger partial charge in [-0.1, -0.05) is 12.1 Å². The standard InChI is InChI=1S/C16H19NO2S/c1-10-5-6-11(2)14(9-10)19-8-7-15-17-12(3)16(20-15)13(4)18/h5-6,9H,7-8H2,1-4H3. The van der Waals surface area contributed by atoms with Crippen LogP contribution in [0.5, 0.6) is 5.75 Å². The zero-order valence-corrected chi connectivity index (χ0v) is 13.1. The molecule has 0 unspecified atom stereocenters. The number of aryl methyl sites for hydroxylation is 3. The third kappa shape index (κ3) is 3.45. The Morgan fingerprint density at radius 2 is 2.05 bits per heavy atom. The molecule has 20 heavy (non-hydrogen) atoms. The maximum Gasteiger partial charge on any atom is 0.171 e. The topological polar surface area (TPSA) is 39.2 Å². The quantitative estimate of drug-likeness (QED) is 0.784. The number of carbonyl (C=O) groups excluding carboxylic acids is 1. The van der Waals surface area contributed by atoms with E-state index in [1.807, 2.05) is 19.9 Å². The molecule has 0 aliphatic heterocycles. The zero-order valence-electron chi connectivity index (χ0n) is 12.3. The average molecular weight is 289 g/mol. The van der Waals surface area contributed by atoms with Gasteiger partial charge in [-0.2, -0.15) is 0 Å². The summed E-state index contributed by atoms with van der Waals surface area (Å²) in [5.74, 6) is 1.01. The van der Waals surface area contributed by atoms with Gasteiger partial charge in [-0.3, -0.25) is 4.79 Å². The molecule has 0 saturated heterocycles. The number of aromatic nitrogens is 1. The molecule has 106 valence electrons. The molecule has 2 rings (SSSR count). The molecule has 0 bridgehead atoms. The molecule has 0 fully saturated rings. The highest BCUT2D eigenvalue weighted by Crippen LogP contribution is 2.21. The van der Waals surface area contributed by atoms with Gasteiger partial charge < -0.3 is 4.74 Å². The molecule has 1 heterocycles. The molecule has 0 radical (unpaired) electrons. The van der Waals surface area contributed by atoms with Crippen molar-refractivity contribution in [1.82, 2.24) is 4.98 Å². The van der Waals surface area contributed by atoms with Gasteiger partial charge in [-0.25, -0.2) is 4.98 Å². The number of thiazole rings is 1. The van der Waals surface area contributed by atoms with Gasteiger partial charge in [0.15, 0.2) is 5.78 Å². The zero-order chi connectivity index (χ0) is 14.7. The van der Waals surface area contributed by atoms with Crippen molar-refractivity contribution in [3.8, 4) is 5.75 Å². The highest BCUT2D eigenvalue weighted by atomic mass is 32.1. The van der Waals surface area contributed by atoms with Crippen LogP contribution in [0, 0.1) is 20.8 Å². The summed E-state index contributed by atoms with van der Waals surface area (Å²) in [6.07, 6.45) is 0.728. The lowest BCUT2D eigenvalue weighted by Gasteiger charge is -2.08. The van der Waals surface area contributed by atoms with Crippen LogP contribution < -0.4 is 4.74 Å². The van der Waals surface area contributed by atoms with Crippen molar-refractivity contribution in [2.24, 2.45) is 0 Å². The fourth-order valence-corrected chi connectivity index (χ4v) is 2.94. The summed E-state index contributed by atoms with van der Waals surface area (Å²) >= 11 is 1.47. The van der Waals surface area contributed by atoms with Crippen LogP contribution in [0.4, 0.5) is 0 Å². The Balaban J connectivity index is 1.98. The Morgan fingerprint density at radius 3 is 2.70 bits per heavy atom. The maximum absolute atomic E-state index is 11.4. The van der Waals surface area contributed by atoms with Gasteiger partial charge in [-0.15, -0.1) is 11.3 Å². The third-order valence-electron chi connectivity index (χ3n) is 3.08. The van der Waals surface area contributed by atoms with Crippen LogP contribution in [-0.4, -0.2) is 17.4 Å². The predicted molar refractivity (Wildman–Crippen MR) is 82.0 cm³/mol. The van der Waals surface area contributed by atoms with E-state index in [9.17, 15) is 4.79 Å². The maximum atomic E-state index is 11.4. The Kier molecular flexibility index (Phi) is 4.55. The third-order valence-corrected chi connectivity index (χ3v) is 4.40. The van der Waals surface area contributed by atoms with E-state index in [0.717, 1.165) is 33.3 Å². The number of carbonyl (C=O) groups is 1. The fourth-order valence-electron chi connectivity index (χ4n) is 2.00. The summed E-state index contributed by atoms with van der Waals surface area (Å²) in [5, 5.41) is 0.956. The molecule has 0 atom stereocenters. The van der Waals surface area contributed by atoms with Gasteiger partial charge >= 0.3 is 0 Å². The summed E-state index contributed by atoms with van der Waals surface area (Å²) in [5.41, 5.74) is 3.15. The molecule has 3 nitrogen and oxygen atoms in total. The summed E-state index contributed by atoms with van der Waals surface area (Å²) in [7, 11) is 0. The number of rotatable bonds is 5. The average Bonchev–Trinajstić information content (AvgIpc) is 2.75. The van der Waals surface area contributed by atoms with Crippen LogP contribution in [0.15, 0.2) is 18.2 Å². The molecular weight excluding hydrogens is 270 g/mol. The molecule has 0 aliphatic rings. The molecule has 4 heteroatoms. The molecule has 0 spiro atoms. The summed E-state index contributed by atoms with van der Waals surface area (Å²) in [6.45, 7) is 8.12. The molecule has 0 amide bonds. The lowest BCUT2D eigenvalue weighted by molar-refractivity contribution is 0.102. The number of hydrogen-bond donors (Lipinski definition) is 0. The normalized spacial score (nSPS) is 10.6. The number of hydrogen-bond acceptors (Lipinski definition) is 4. The largest absolute Gasteiger partial charge is 0.493 e. The number of ether oxygens (including phenoxy) is 1. The second kappa shape index (κ2) is 6.18. The van der Waals surface area contributed by atoms with Gasteiger partial charge in [0.1, 0.15) is 5.75 Å². The Bertz CT molecular complexity index is 631. The van der Waals surface area contributed by atoms with Crippen molar-refractivity contribution in [3.05, 3.63) is 44.9 Å². The van der Waals surface area contributed by atoms with E-state index in [2.05, 4.69) is 24.0 Å². The molecular formula is C16H19NO2S. The van der Waals surface area contributed by atoms with Gasteiger partial charge in [0.25, 0.3) is 0 Å². The summed E-state index contributed by atoms with van der Waals surface area (Å²) < 4.78 is 5.81. The minimum Gasteiger partial charge on any atom is -0.493 e. The van der Waals surface area contributed by atoms with Crippen LogP contribution >= 0.6 is 11.3 Å². The first-order valence-electron chi connectivity index (χ1n) is 6.64. The summed E-state index contributed by atoms with van der Waals surface area (Å²) in [4.78, 5) is 16.6. The van der Waals surface area contributed by atoms with Crippen molar-refractivity contribution < 1.29 is 9.53 Å². The Hall–Kier alpha value is -1.68. The van der Waals surface area contributed by atoms with Crippen molar-refractivity contribution >= 4 is 17.1 Å². The minimum atomic E-state index is 0.0849. The minimum absolute atomic E-state index is 0.0849. The molecule has 0 saturated carbocycles. The number of benzene rings is 1. The van der Waals surface area contributed by atoms with Crippen LogP contribution in [0.1, 0.15) is 38.4 Å². The van der Waals surface area contributed by atoms with E-state index in [0.29, 0.717) is 6.61 Å². The highest BCUT2D eigenvalue weighted by molar-refractivity contribution is 7.13. The number of Topliss-reactive ketones (excluding diaryl/α,β-unsaturated/α-hetero) is 1. The van der Waals surface area contributed by atoms with Gasteiger partial charge in [0, 0.05) is 13.3 Å². The first-order valence-corrected chi connectivity index (χ1v) is 7.46. The second-order valence-corrected chi connectivity index (χ2v) is 6.03. The number of ketones is 1. The molecule has 1 aromatic carbocycles. The van der Waals surface area contributed by atoms with Crippen LogP contribution in [0.25, 0.3) is 0 Å². The molecule has 0 N–H and O–H groups in total. The predicted octanol–water partition coefficient (Wildman–Crippen LogP) is 3.89. The van der Waals surface area contributed by atoms with Crippen molar-refractivity contribution in [2.75, 3.05) is 6.61 Å². The smallest absolute Gasteiger partial charge is 0.171 e. The van der Waals surface area contributed by atoms with Crippen LogP contribution in [-0.2, 0) is 6.42 Å². The first-order chi connectivity index (χ1) is 9.47. The van der Waals surface area contributed by atoms with E-state index in [1.165, 1.54) is 16.9 Å². The second-order valence-electron chi connectivity index (χ2n) is 4.95. The molecule has 0 aliphatic carbocycles. The van der Waals surface area contributed by atoms with Crippen LogP contribution in [0.3, 0.4) is 0 Å². The van der Waals surface area contributed by atoms with Gasteiger partial charge in [0.2, 0.25) is 0 Å². The summed E-state index contributed by atoms with van der Waals surface area (Å²) in [6, 6.07) is 6.18. The fraction of sp³-hybridized carbons (Fsp3) is 0.375. The lowest BCUT2D eigenvalue weighted by Crippen LogP contribution is -2.02. The van der Waals surface area contributed by atoms with Gasteiger partial charge in [-0.05, 0) is 38.0 Å². The van der Waals surface area contributed by atoms with E-state index < -0.39 is 0 Å². The Morgan fingerprint density at radius 1 is 1.30 bits per heavy atom. The SMILES string of the molecule is CC(=O)c1sc(CCOc2cc(C)ccc2C)nc1C.